The number of hydrogen-bond acceptors (Lipinski definition) is 6. The van der Waals surface area contributed by atoms with Gasteiger partial charge in [-0.2, -0.15) is 0 Å². The Morgan fingerprint density at radius 3 is 2.47 bits per heavy atom. The van der Waals surface area contributed by atoms with Gasteiger partial charge in [0.1, 0.15) is 6.33 Å². The van der Waals surface area contributed by atoms with Crippen LogP contribution in [0.3, 0.4) is 0 Å². The lowest BCUT2D eigenvalue weighted by molar-refractivity contribution is 0.208. The molecule has 9 heteroatoms. The van der Waals surface area contributed by atoms with E-state index >= 15 is 0 Å². The first-order valence-electron chi connectivity index (χ1n) is 5.80. The lowest BCUT2D eigenvalue weighted by Gasteiger charge is -2.30. The van der Waals surface area contributed by atoms with Crippen LogP contribution >= 0.6 is 0 Å². The van der Waals surface area contributed by atoms with E-state index in [4.69, 9.17) is 0 Å². The zero-order valence-corrected chi connectivity index (χ0v) is 10.4. The molecule has 1 atom stereocenters. The number of aromatic nitrogens is 9. The third kappa shape index (κ3) is 2.34. The molecule has 3 heterocycles. The number of nitrogens with zero attached hydrogens (tertiary/aromatic N) is 9. The van der Waals surface area contributed by atoms with Crippen molar-refractivity contribution < 1.29 is 0 Å². The molecule has 1 unspecified atom stereocenters. The van der Waals surface area contributed by atoms with Gasteiger partial charge in [0.05, 0.1) is 31.2 Å². The molecule has 0 saturated heterocycles. The van der Waals surface area contributed by atoms with E-state index in [0.717, 1.165) is 0 Å². The largest absolute Gasteiger partial charge is 0.328 e. The SMILES string of the molecule is CC(Cn1ccnn1)(Cn1cnnn1)n1ccnc1. The van der Waals surface area contributed by atoms with Gasteiger partial charge in [-0.05, 0) is 17.4 Å². The predicted molar refractivity (Wildman–Crippen MR) is 63.7 cm³/mol. The van der Waals surface area contributed by atoms with Gasteiger partial charge in [0.2, 0.25) is 0 Å². The van der Waals surface area contributed by atoms with Gasteiger partial charge in [-0.3, -0.25) is 4.68 Å². The molecule has 0 aliphatic rings. The van der Waals surface area contributed by atoms with Crippen LogP contribution in [-0.2, 0) is 18.6 Å². The summed E-state index contributed by atoms with van der Waals surface area (Å²) < 4.78 is 5.50. The Morgan fingerprint density at radius 2 is 1.84 bits per heavy atom. The Morgan fingerprint density at radius 1 is 0.947 bits per heavy atom. The van der Waals surface area contributed by atoms with E-state index in [0.29, 0.717) is 13.1 Å². The van der Waals surface area contributed by atoms with E-state index in [-0.39, 0.29) is 5.54 Å². The monoisotopic (exact) mass is 259 g/mol. The second kappa shape index (κ2) is 4.59. The Hall–Kier alpha value is -2.58. The van der Waals surface area contributed by atoms with E-state index in [1.54, 1.807) is 34.4 Å². The number of imidazole rings is 1. The maximum absolute atomic E-state index is 4.10. The van der Waals surface area contributed by atoms with E-state index < -0.39 is 0 Å². The second-order valence-electron chi connectivity index (χ2n) is 4.57. The van der Waals surface area contributed by atoms with Crippen molar-refractivity contribution in [3.05, 3.63) is 37.4 Å². The van der Waals surface area contributed by atoms with Crippen molar-refractivity contribution >= 4 is 0 Å². The van der Waals surface area contributed by atoms with Gasteiger partial charge in [-0.1, -0.05) is 5.21 Å². The molecule has 0 fully saturated rings. The molecule has 98 valence electrons. The van der Waals surface area contributed by atoms with E-state index in [1.165, 1.54) is 0 Å². The first-order chi connectivity index (χ1) is 9.26. The normalized spacial score (nSPS) is 14.4. The van der Waals surface area contributed by atoms with Crippen LogP contribution in [0.15, 0.2) is 37.4 Å². The van der Waals surface area contributed by atoms with E-state index in [1.807, 2.05) is 17.0 Å². The fourth-order valence-corrected chi connectivity index (χ4v) is 2.06. The standard InChI is InChI=1S/C10H13N9/c1-10(17-4-2-11-8-17,6-18-5-3-12-15-18)7-19-9-13-14-16-19/h2-5,8-9H,6-7H2,1H3. The molecule has 0 saturated carbocycles. The predicted octanol–water partition coefficient (Wildman–Crippen LogP) is -0.423. The van der Waals surface area contributed by atoms with Crippen molar-refractivity contribution in [1.82, 2.24) is 44.8 Å². The molecule has 0 radical (unpaired) electrons. The molecule has 0 spiro atoms. The van der Waals surface area contributed by atoms with Crippen molar-refractivity contribution in [2.24, 2.45) is 0 Å². The maximum Gasteiger partial charge on any atom is 0.138 e. The highest BCUT2D eigenvalue weighted by Crippen LogP contribution is 2.20. The minimum atomic E-state index is -0.292. The number of tetrazole rings is 1. The number of hydrogen-bond donors (Lipinski definition) is 0. The van der Waals surface area contributed by atoms with Crippen LogP contribution in [0.25, 0.3) is 0 Å². The molecule has 3 rings (SSSR count). The molecule has 0 aliphatic carbocycles. The first-order valence-corrected chi connectivity index (χ1v) is 5.80. The molecule has 0 bridgehead atoms. The second-order valence-corrected chi connectivity index (χ2v) is 4.57. The van der Waals surface area contributed by atoms with Crippen LogP contribution in [0.4, 0.5) is 0 Å². The van der Waals surface area contributed by atoms with Gasteiger partial charge in [0.15, 0.2) is 0 Å². The molecule has 0 aromatic carbocycles. The molecule has 0 N–H and O–H groups in total. The van der Waals surface area contributed by atoms with Gasteiger partial charge in [-0.15, -0.1) is 10.2 Å². The van der Waals surface area contributed by atoms with Crippen molar-refractivity contribution in [3.8, 4) is 0 Å². The molecule has 3 aromatic rings. The van der Waals surface area contributed by atoms with Gasteiger partial charge in [0, 0.05) is 18.6 Å². The molecule has 9 nitrogen and oxygen atoms in total. The average molecular weight is 259 g/mol. The third-order valence-corrected chi connectivity index (χ3v) is 3.00. The van der Waals surface area contributed by atoms with Crippen LogP contribution in [0, 0.1) is 0 Å². The van der Waals surface area contributed by atoms with Gasteiger partial charge in [0.25, 0.3) is 0 Å². The van der Waals surface area contributed by atoms with Crippen molar-refractivity contribution in [2.45, 2.75) is 25.6 Å². The van der Waals surface area contributed by atoms with Crippen molar-refractivity contribution in [1.29, 1.82) is 0 Å². The van der Waals surface area contributed by atoms with Crippen LogP contribution < -0.4 is 0 Å². The molecular weight excluding hydrogens is 246 g/mol. The zero-order chi connectivity index (χ0) is 13.1. The minimum absolute atomic E-state index is 0.292. The summed E-state index contributed by atoms with van der Waals surface area (Å²) in [7, 11) is 0. The molecule has 19 heavy (non-hydrogen) atoms. The van der Waals surface area contributed by atoms with Gasteiger partial charge < -0.3 is 4.57 Å². The highest BCUT2D eigenvalue weighted by Gasteiger charge is 2.28. The highest BCUT2D eigenvalue weighted by atomic mass is 15.5. The Balaban J connectivity index is 1.90. The van der Waals surface area contributed by atoms with Crippen LogP contribution in [0.2, 0.25) is 0 Å². The zero-order valence-electron chi connectivity index (χ0n) is 10.4. The summed E-state index contributed by atoms with van der Waals surface area (Å²) in [5, 5.41) is 19.1. The summed E-state index contributed by atoms with van der Waals surface area (Å²) in [5.41, 5.74) is -0.292. The lowest BCUT2D eigenvalue weighted by atomic mass is 10.0. The summed E-state index contributed by atoms with van der Waals surface area (Å²) in [5.74, 6) is 0. The maximum atomic E-state index is 4.10. The lowest BCUT2D eigenvalue weighted by Crippen LogP contribution is -2.39. The summed E-state index contributed by atoms with van der Waals surface area (Å²) in [6, 6.07) is 0. The van der Waals surface area contributed by atoms with Crippen LogP contribution in [0.1, 0.15) is 6.92 Å². The summed E-state index contributed by atoms with van der Waals surface area (Å²) >= 11 is 0. The van der Waals surface area contributed by atoms with Gasteiger partial charge in [-0.25, -0.2) is 9.67 Å². The quantitative estimate of drug-likeness (QED) is 0.617. The summed E-state index contributed by atoms with van der Waals surface area (Å²) in [6.07, 6.45) is 10.5. The average Bonchev–Trinajstić information content (AvgIpc) is 3.12. The summed E-state index contributed by atoms with van der Waals surface area (Å²) in [6.45, 7) is 3.34. The fraction of sp³-hybridized carbons (Fsp3) is 0.400. The van der Waals surface area contributed by atoms with Gasteiger partial charge >= 0.3 is 0 Å². The topological polar surface area (TPSA) is 92.1 Å². The fourth-order valence-electron chi connectivity index (χ4n) is 2.06. The Bertz CT molecular complexity index is 559. The number of rotatable bonds is 5. The Labute approximate surface area is 108 Å². The van der Waals surface area contributed by atoms with E-state index in [9.17, 15) is 0 Å². The molecule has 0 aliphatic heterocycles. The molecular formula is C10H13N9. The molecule has 3 aromatic heterocycles. The van der Waals surface area contributed by atoms with Crippen LogP contribution in [-0.4, -0.2) is 44.8 Å². The molecule has 0 amide bonds. The highest BCUT2D eigenvalue weighted by molar-refractivity contribution is 4.89. The first kappa shape index (κ1) is 11.5. The van der Waals surface area contributed by atoms with E-state index in [2.05, 4.69) is 37.7 Å². The minimum Gasteiger partial charge on any atom is -0.328 e. The Kier molecular flexibility index (Phi) is 2.78. The summed E-state index contributed by atoms with van der Waals surface area (Å²) in [4.78, 5) is 4.10. The van der Waals surface area contributed by atoms with Crippen molar-refractivity contribution in [2.75, 3.05) is 0 Å². The van der Waals surface area contributed by atoms with Crippen LogP contribution in [0.5, 0.6) is 0 Å². The smallest absolute Gasteiger partial charge is 0.138 e. The third-order valence-electron chi connectivity index (χ3n) is 3.00. The van der Waals surface area contributed by atoms with Crippen molar-refractivity contribution in [3.63, 3.8) is 0 Å².